The van der Waals surface area contributed by atoms with Gasteiger partial charge in [-0.25, -0.2) is 4.79 Å². The van der Waals surface area contributed by atoms with E-state index in [9.17, 15) is 4.79 Å². The molecule has 0 aliphatic heterocycles. The smallest absolute Gasteiger partial charge is 0.333 e. The molecule has 1 unspecified atom stereocenters. The molecule has 0 saturated heterocycles. The van der Waals surface area contributed by atoms with Crippen molar-refractivity contribution in [1.82, 2.24) is 0 Å². The van der Waals surface area contributed by atoms with Crippen LogP contribution in [0.1, 0.15) is 46.0 Å². The first-order chi connectivity index (χ1) is 7.65. The third-order valence-electron chi connectivity index (χ3n) is 2.70. The van der Waals surface area contributed by atoms with E-state index in [0.29, 0.717) is 11.5 Å². The monoisotopic (exact) mass is 224 g/mol. The number of ether oxygens (including phenoxy) is 1. The van der Waals surface area contributed by atoms with Gasteiger partial charge in [0.1, 0.15) is 6.61 Å². The normalized spacial score (nSPS) is 11.9. The van der Waals surface area contributed by atoms with E-state index < -0.39 is 0 Å². The highest BCUT2D eigenvalue weighted by molar-refractivity contribution is 5.87. The third kappa shape index (κ3) is 6.44. The van der Waals surface area contributed by atoms with Crippen LogP contribution in [0.2, 0.25) is 0 Å². The molecule has 0 rings (SSSR count). The summed E-state index contributed by atoms with van der Waals surface area (Å²) in [5, 5.41) is 0. The molecular weight excluding hydrogens is 200 g/mol. The van der Waals surface area contributed by atoms with Crippen molar-refractivity contribution in [1.29, 1.82) is 0 Å². The van der Waals surface area contributed by atoms with Crippen LogP contribution < -0.4 is 0 Å². The lowest BCUT2D eigenvalue weighted by molar-refractivity contribution is -0.138. The van der Waals surface area contributed by atoms with Crippen molar-refractivity contribution in [2.24, 2.45) is 5.92 Å². The number of carbonyl (C=O) groups is 1. The van der Waals surface area contributed by atoms with Crippen molar-refractivity contribution in [3.05, 3.63) is 24.8 Å². The molecule has 0 bridgehead atoms. The summed E-state index contributed by atoms with van der Waals surface area (Å²) in [4.78, 5) is 11.5. The molecule has 0 aromatic heterocycles. The lowest BCUT2D eigenvalue weighted by Gasteiger charge is -2.15. The second kappa shape index (κ2) is 9.20. The fraction of sp³-hybridized carbons (Fsp3) is 0.643. The van der Waals surface area contributed by atoms with Crippen LogP contribution in [0, 0.1) is 5.92 Å². The summed E-state index contributed by atoms with van der Waals surface area (Å²) in [6.45, 7) is 11.9. The molecule has 0 N–H and O–H groups in total. The topological polar surface area (TPSA) is 26.3 Å². The number of carbonyl (C=O) groups excluding carboxylic acids is 1. The molecule has 0 aromatic rings. The molecule has 1 atom stereocenters. The number of hydrogen-bond donors (Lipinski definition) is 0. The molecule has 0 heterocycles. The molecule has 0 saturated carbocycles. The Kier molecular flexibility index (Phi) is 8.59. The number of unbranched alkanes of at least 4 members (excludes halogenated alkanes) is 1. The summed E-state index contributed by atoms with van der Waals surface area (Å²) in [7, 11) is 0. The van der Waals surface area contributed by atoms with E-state index >= 15 is 0 Å². The minimum atomic E-state index is -0.283. The summed E-state index contributed by atoms with van der Waals surface area (Å²) in [6, 6.07) is 0. The van der Waals surface area contributed by atoms with Gasteiger partial charge in [-0.1, -0.05) is 58.8 Å². The van der Waals surface area contributed by atoms with Crippen LogP contribution in [0.25, 0.3) is 0 Å². The minimum Gasteiger partial charge on any atom is -0.458 e. The molecule has 2 nitrogen and oxygen atoms in total. The molecule has 0 radical (unpaired) electrons. The zero-order valence-electron chi connectivity index (χ0n) is 10.6. The highest BCUT2D eigenvalue weighted by Gasteiger charge is 2.13. The summed E-state index contributed by atoms with van der Waals surface area (Å²) >= 11 is 0. The fourth-order valence-corrected chi connectivity index (χ4v) is 1.61. The number of esters is 1. The molecule has 0 aromatic carbocycles. The van der Waals surface area contributed by atoms with Crippen LogP contribution >= 0.6 is 0 Å². The largest absolute Gasteiger partial charge is 0.458 e. The van der Waals surface area contributed by atoms with Crippen LogP contribution in [0.3, 0.4) is 0 Å². The Bertz CT molecular complexity index is 231. The predicted octanol–water partition coefficient (Wildman–Crippen LogP) is 3.88. The van der Waals surface area contributed by atoms with Gasteiger partial charge in [-0.05, 0) is 12.3 Å². The molecule has 2 heteroatoms. The maximum absolute atomic E-state index is 11.5. The van der Waals surface area contributed by atoms with Crippen LogP contribution in [0.4, 0.5) is 0 Å². The fourth-order valence-electron chi connectivity index (χ4n) is 1.61. The van der Waals surface area contributed by atoms with Gasteiger partial charge in [-0.15, -0.1) is 0 Å². The van der Waals surface area contributed by atoms with E-state index in [0.717, 1.165) is 12.8 Å². The molecule has 0 fully saturated rings. The van der Waals surface area contributed by atoms with Crippen molar-refractivity contribution in [2.75, 3.05) is 6.61 Å². The van der Waals surface area contributed by atoms with Gasteiger partial charge in [0, 0.05) is 5.57 Å². The lowest BCUT2D eigenvalue weighted by atomic mass is 9.92. The van der Waals surface area contributed by atoms with Gasteiger partial charge in [0.05, 0.1) is 0 Å². The molecule has 0 amide bonds. The SMILES string of the molecule is C=CCOC(=O)C(=C)CC(CC)CCCC. The first kappa shape index (κ1) is 14.9. The first-order valence-corrected chi connectivity index (χ1v) is 6.11. The molecule has 16 heavy (non-hydrogen) atoms. The quantitative estimate of drug-likeness (QED) is 0.337. The van der Waals surface area contributed by atoms with Crippen molar-refractivity contribution >= 4 is 5.97 Å². The zero-order valence-corrected chi connectivity index (χ0v) is 10.6. The summed E-state index contributed by atoms with van der Waals surface area (Å²) < 4.78 is 4.95. The first-order valence-electron chi connectivity index (χ1n) is 6.11. The van der Waals surface area contributed by atoms with Crippen molar-refractivity contribution in [3.63, 3.8) is 0 Å². The van der Waals surface area contributed by atoms with E-state index in [1.807, 2.05) is 0 Å². The molecule has 0 aliphatic rings. The Balaban J connectivity index is 3.98. The third-order valence-corrected chi connectivity index (χ3v) is 2.70. The lowest BCUT2D eigenvalue weighted by Crippen LogP contribution is -2.11. The van der Waals surface area contributed by atoms with Crippen LogP contribution in [-0.4, -0.2) is 12.6 Å². The summed E-state index contributed by atoms with van der Waals surface area (Å²) in [5.74, 6) is 0.276. The molecular formula is C14H24O2. The van der Waals surface area contributed by atoms with Crippen molar-refractivity contribution in [3.8, 4) is 0 Å². The Morgan fingerprint density at radius 1 is 1.44 bits per heavy atom. The average Bonchev–Trinajstić information content (AvgIpc) is 2.30. The Morgan fingerprint density at radius 3 is 2.62 bits per heavy atom. The van der Waals surface area contributed by atoms with E-state index in [4.69, 9.17) is 4.74 Å². The average molecular weight is 224 g/mol. The standard InChI is InChI=1S/C14H24O2/c1-5-8-9-13(7-3)11-12(4)14(15)16-10-6-2/h6,13H,2,4-5,7-11H2,1,3H3. The predicted molar refractivity (Wildman–Crippen MR) is 68.2 cm³/mol. The van der Waals surface area contributed by atoms with Gasteiger partial charge in [0.15, 0.2) is 0 Å². The van der Waals surface area contributed by atoms with E-state index in [1.165, 1.54) is 19.3 Å². The Morgan fingerprint density at radius 2 is 2.12 bits per heavy atom. The maximum Gasteiger partial charge on any atom is 0.333 e. The molecule has 0 aliphatic carbocycles. The van der Waals surface area contributed by atoms with Gasteiger partial charge >= 0.3 is 5.97 Å². The van der Waals surface area contributed by atoms with Gasteiger partial charge in [0.25, 0.3) is 0 Å². The van der Waals surface area contributed by atoms with E-state index in [2.05, 4.69) is 27.0 Å². The molecule has 0 spiro atoms. The van der Waals surface area contributed by atoms with Crippen molar-refractivity contribution in [2.45, 2.75) is 46.0 Å². The molecule has 92 valence electrons. The number of rotatable bonds is 9. The maximum atomic E-state index is 11.5. The highest BCUT2D eigenvalue weighted by atomic mass is 16.5. The second-order valence-electron chi connectivity index (χ2n) is 4.11. The minimum absolute atomic E-state index is 0.267. The van der Waals surface area contributed by atoms with Crippen LogP contribution in [0.5, 0.6) is 0 Å². The van der Waals surface area contributed by atoms with Gasteiger partial charge in [-0.2, -0.15) is 0 Å². The van der Waals surface area contributed by atoms with Gasteiger partial charge in [-0.3, -0.25) is 0 Å². The van der Waals surface area contributed by atoms with Gasteiger partial charge < -0.3 is 4.74 Å². The van der Waals surface area contributed by atoms with E-state index in [-0.39, 0.29) is 12.6 Å². The number of hydrogen-bond acceptors (Lipinski definition) is 2. The van der Waals surface area contributed by atoms with Gasteiger partial charge in [0.2, 0.25) is 0 Å². The van der Waals surface area contributed by atoms with Crippen LogP contribution in [0.15, 0.2) is 24.8 Å². The second-order valence-corrected chi connectivity index (χ2v) is 4.11. The Hall–Kier alpha value is -1.05. The Labute approximate surface area is 99.4 Å². The van der Waals surface area contributed by atoms with Crippen LogP contribution in [-0.2, 0) is 9.53 Å². The van der Waals surface area contributed by atoms with E-state index in [1.54, 1.807) is 6.08 Å². The summed E-state index contributed by atoms with van der Waals surface area (Å²) in [6.07, 6.45) is 7.00. The van der Waals surface area contributed by atoms with Crippen molar-refractivity contribution < 1.29 is 9.53 Å². The zero-order chi connectivity index (χ0) is 12.4. The highest BCUT2D eigenvalue weighted by Crippen LogP contribution is 2.21. The summed E-state index contributed by atoms with van der Waals surface area (Å²) in [5.41, 5.74) is 0.588.